The highest BCUT2D eigenvalue weighted by Gasteiger charge is 2.20. The third-order valence-corrected chi connectivity index (χ3v) is 2.53. The summed E-state index contributed by atoms with van der Waals surface area (Å²) in [6.07, 6.45) is 4.33. The van der Waals surface area contributed by atoms with E-state index in [-0.39, 0.29) is 12.6 Å². The van der Waals surface area contributed by atoms with Crippen molar-refractivity contribution in [1.29, 1.82) is 0 Å². The number of aliphatic hydroxyl groups excluding tert-OH is 1. The Morgan fingerprint density at radius 1 is 1.67 bits per heavy atom. The van der Waals surface area contributed by atoms with Crippen LogP contribution in [-0.2, 0) is 9.53 Å². The Morgan fingerprint density at radius 2 is 2.47 bits per heavy atom. The van der Waals surface area contributed by atoms with Crippen molar-refractivity contribution in [3.8, 4) is 0 Å². The van der Waals surface area contributed by atoms with Gasteiger partial charge in [-0.3, -0.25) is 4.90 Å². The molecule has 1 N–H and O–H groups in total. The maximum Gasteiger partial charge on any atom is 0.330 e. The highest BCUT2D eigenvalue weighted by molar-refractivity contribution is 5.81. The van der Waals surface area contributed by atoms with E-state index in [0.717, 1.165) is 26.1 Å². The number of aliphatic hydroxyl groups is 1. The van der Waals surface area contributed by atoms with Crippen LogP contribution in [0.2, 0.25) is 0 Å². The largest absolute Gasteiger partial charge is 0.463 e. The molecule has 1 atom stereocenters. The molecule has 0 spiro atoms. The molecule has 1 unspecified atom stereocenters. The molecule has 0 saturated carbocycles. The van der Waals surface area contributed by atoms with Crippen molar-refractivity contribution in [3.05, 3.63) is 12.2 Å². The zero-order valence-electron chi connectivity index (χ0n) is 9.19. The molecule has 0 aromatic carbocycles. The average Bonchev–Trinajstić information content (AvgIpc) is 2.66. The molecule has 0 radical (unpaired) electrons. The van der Waals surface area contributed by atoms with Gasteiger partial charge in [0.1, 0.15) is 0 Å². The number of hydrogen-bond donors (Lipinski definition) is 1. The number of likely N-dealkylation sites (tertiary alicyclic amines) is 1. The maximum absolute atomic E-state index is 11.0. The van der Waals surface area contributed by atoms with Crippen LogP contribution in [0, 0.1) is 5.92 Å². The number of esters is 1. The summed E-state index contributed by atoms with van der Waals surface area (Å²) in [5.41, 5.74) is 0. The number of carbonyl (C=O) groups is 1. The van der Waals surface area contributed by atoms with E-state index in [0.29, 0.717) is 12.5 Å². The highest BCUT2D eigenvalue weighted by atomic mass is 16.5. The van der Waals surface area contributed by atoms with Gasteiger partial charge >= 0.3 is 5.97 Å². The molecule has 1 aliphatic rings. The lowest BCUT2D eigenvalue weighted by Gasteiger charge is -2.11. The molecule has 0 bridgehead atoms. The van der Waals surface area contributed by atoms with E-state index < -0.39 is 0 Å². The van der Waals surface area contributed by atoms with Crippen molar-refractivity contribution >= 4 is 5.97 Å². The van der Waals surface area contributed by atoms with Crippen LogP contribution >= 0.6 is 0 Å². The standard InChI is InChI=1S/C11H19NO3/c1-2-15-11(14)4-3-6-12-7-5-10(8-12)9-13/h3-4,10,13H,2,5-9H2,1H3/b4-3+. The zero-order chi connectivity index (χ0) is 11.1. The van der Waals surface area contributed by atoms with Crippen LogP contribution in [0.5, 0.6) is 0 Å². The molecule has 15 heavy (non-hydrogen) atoms. The summed E-state index contributed by atoms with van der Waals surface area (Å²) in [5.74, 6) is 0.122. The lowest BCUT2D eigenvalue weighted by atomic mass is 10.1. The van der Waals surface area contributed by atoms with Crippen molar-refractivity contribution in [1.82, 2.24) is 4.90 Å². The summed E-state index contributed by atoms with van der Waals surface area (Å²) in [7, 11) is 0. The van der Waals surface area contributed by atoms with Gasteiger partial charge in [0.05, 0.1) is 6.61 Å². The Morgan fingerprint density at radius 3 is 3.07 bits per heavy atom. The first-order valence-corrected chi connectivity index (χ1v) is 5.42. The van der Waals surface area contributed by atoms with E-state index >= 15 is 0 Å². The summed E-state index contributed by atoms with van der Waals surface area (Å²) < 4.78 is 4.76. The van der Waals surface area contributed by atoms with E-state index in [4.69, 9.17) is 9.84 Å². The molecule has 4 heteroatoms. The summed E-state index contributed by atoms with van der Waals surface area (Å²) in [6.45, 7) is 5.15. The van der Waals surface area contributed by atoms with Crippen LogP contribution in [0.4, 0.5) is 0 Å². The smallest absolute Gasteiger partial charge is 0.330 e. The van der Waals surface area contributed by atoms with E-state index in [2.05, 4.69) is 4.90 Å². The van der Waals surface area contributed by atoms with Crippen LogP contribution in [0.15, 0.2) is 12.2 Å². The number of carbonyl (C=O) groups excluding carboxylic acids is 1. The van der Waals surface area contributed by atoms with Crippen molar-refractivity contribution in [2.45, 2.75) is 13.3 Å². The Balaban J connectivity index is 2.17. The van der Waals surface area contributed by atoms with Crippen molar-refractivity contribution < 1.29 is 14.6 Å². The Kier molecular flexibility index (Phi) is 5.36. The molecule has 0 aromatic rings. The molecule has 0 amide bonds. The highest BCUT2D eigenvalue weighted by Crippen LogP contribution is 2.14. The number of hydrogen-bond acceptors (Lipinski definition) is 4. The van der Waals surface area contributed by atoms with Gasteiger partial charge in [-0.15, -0.1) is 0 Å². The minimum absolute atomic E-state index is 0.262. The fourth-order valence-electron chi connectivity index (χ4n) is 1.72. The van der Waals surface area contributed by atoms with Gasteiger partial charge in [0.15, 0.2) is 0 Å². The van der Waals surface area contributed by atoms with E-state index in [9.17, 15) is 4.79 Å². The molecule has 86 valence electrons. The summed E-state index contributed by atoms with van der Waals surface area (Å²) in [4.78, 5) is 13.2. The van der Waals surface area contributed by atoms with Gasteiger partial charge in [-0.2, -0.15) is 0 Å². The molecular formula is C11H19NO3. The molecule has 1 fully saturated rings. The van der Waals surface area contributed by atoms with Crippen LogP contribution in [-0.4, -0.2) is 48.8 Å². The minimum atomic E-state index is -0.282. The predicted octanol–water partition coefficient (Wildman–Crippen LogP) is 0.420. The van der Waals surface area contributed by atoms with Crippen molar-refractivity contribution in [2.24, 2.45) is 5.92 Å². The summed E-state index contributed by atoms with van der Waals surface area (Å²) in [6, 6.07) is 0. The molecule has 0 aromatic heterocycles. The quantitative estimate of drug-likeness (QED) is 0.531. The maximum atomic E-state index is 11.0. The molecule has 1 rings (SSSR count). The van der Waals surface area contributed by atoms with Gasteiger partial charge in [-0.25, -0.2) is 4.79 Å². The molecular weight excluding hydrogens is 194 g/mol. The molecule has 1 aliphatic heterocycles. The van der Waals surface area contributed by atoms with Crippen LogP contribution in [0.3, 0.4) is 0 Å². The minimum Gasteiger partial charge on any atom is -0.463 e. The summed E-state index contributed by atoms with van der Waals surface area (Å²) in [5, 5.41) is 8.95. The van der Waals surface area contributed by atoms with Crippen LogP contribution in [0.25, 0.3) is 0 Å². The van der Waals surface area contributed by atoms with Crippen LogP contribution < -0.4 is 0 Å². The van der Waals surface area contributed by atoms with Gasteiger partial charge in [-0.1, -0.05) is 6.08 Å². The SMILES string of the molecule is CCOC(=O)/C=C/CN1CCC(CO)C1. The van der Waals surface area contributed by atoms with Gasteiger partial charge in [0.25, 0.3) is 0 Å². The first kappa shape index (κ1) is 12.2. The number of rotatable bonds is 5. The van der Waals surface area contributed by atoms with Gasteiger partial charge in [0.2, 0.25) is 0 Å². The normalized spacial score (nSPS) is 22.4. The Hall–Kier alpha value is -0.870. The average molecular weight is 213 g/mol. The zero-order valence-corrected chi connectivity index (χ0v) is 9.19. The van der Waals surface area contributed by atoms with E-state index in [1.165, 1.54) is 6.08 Å². The first-order chi connectivity index (χ1) is 7.26. The third-order valence-electron chi connectivity index (χ3n) is 2.53. The van der Waals surface area contributed by atoms with Gasteiger partial charge in [-0.05, 0) is 25.8 Å². The third kappa shape index (κ3) is 4.44. The number of nitrogens with zero attached hydrogens (tertiary/aromatic N) is 1. The van der Waals surface area contributed by atoms with Crippen molar-refractivity contribution in [2.75, 3.05) is 32.8 Å². The van der Waals surface area contributed by atoms with Gasteiger partial charge in [0, 0.05) is 25.8 Å². The fourth-order valence-corrected chi connectivity index (χ4v) is 1.72. The monoisotopic (exact) mass is 213 g/mol. The Labute approximate surface area is 90.5 Å². The number of ether oxygens (including phenoxy) is 1. The fraction of sp³-hybridized carbons (Fsp3) is 0.727. The van der Waals surface area contributed by atoms with Crippen LogP contribution in [0.1, 0.15) is 13.3 Å². The summed E-state index contributed by atoms with van der Waals surface area (Å²) >= 11 is 0. The Bertz CT molecular complexity index is 228. The molecule has 1 heterocycles. The molecule has 0 aliphatic carbocycles. The molecule has 4 nitrogen and oxygen atoms in total. The topological polar surface area (TPSA) is 49.8 Å². The second-order valence-electron chi connectivity index (χ2n) is 3.75. The van der Waals surface area contributed by atoms with Gasteiger partial charge < -0.3 is 9.84 Å². The predicted molar refractivity (Wildman–Crippen MR) is 57.4 cm³/mol. The van der Waals surface area contributed by atoms with E-state index in [1.54, 1.807) is 6.92 Å². The second-order valence-corrected chi connectivity index (χ2v) is 3.75. The molecule has 1 saturated heterocycles. The second kappa shape index (κ2) is 6.58. The van der Waals surface area contributed by atoms with E-state index in [1.807, 2.05) is 6.08 Å². The lowest BCUT2D eigenvalue weighted by Crippen LogP contribution is -2.21. The van der Waals surface area contributed by atoms with Crippen molar-refractivity contribution in [3.63, 3.8) is 0 Å². The first-order valence-electron chi connectivity index (χ1n) is 5.42. The lowest BCUT2D eigenvalue weighted by molar-refractivity contribution is -0.137.